The number of nitrogens with one attached hydrogen (secondary N) is 1. The second kappa shape index (κ2) is 7.26. The highest BCUT2D eigenvalue weighted by Crippen LogP contribution is 2.21. The third-order valence-electron chi connectivity index (χ3n) is 4.89. The van der Waals surface area contributed by atoms with Gasteiger partial charge in [0.25, 0.3) is 0 Å². The Bertz CT molecular complexity index is 790. The first-order chi connectivity index (χ1) is 11.5. The molecule has 0 amide bonds. The Morgan fingerprint density at radius 2 is 1.75 bits per heavy atom. The van der Waals surface area contributed by atoms with Crippen LogP contribution < -0.4 is 15.6 Å². The van der Waals surface area contributed by atoms with Gasteiger partial charge in [0.2, 0.25) is 0 Å². The van der Waals surface area contributed by atoms with Gasteiger partial charge >= 0.3 is 0 Å². The van der Waals surface area contributed by atoms with E-state index in [1.54, 1.807) is 0 Å². The fourth-order valence-electron chi connectivity index (χ4n) is 3.30. The molecule has 0 saturated heterocycles. The molecule has 3 aromatic rings. The lowest BCUT2D eigenvalue weighted by atomic mass is 9.65. The third kappa shape index (κ3) is 3.90. The minimum absolute atomic E-state index is 0.339. The Hall–Kier alpha value is -2.01. The molecule has 24 heavy (non-hydrogen) atoms. The normalized spacial score (nSPS) is 12.2. The smallest absolute Gasteiger partial charge is 0.126 e. The summed E-state index contributed by atoms with van der Waals surface area (Å²) in [5.74, 6) is 0.339. The second-order valence-corrected chi connectivity index (χ2v) is 7.56. The van der Waals surface area contributed by atoms with Crippen LogP contribution in [0.4, 0.5) is 5.69 Å². The molecule has 0 bridgehead atoms. The number of benzene rings is 2. The molecule has 0 radical (unpaired) electrons. The number of rotatable bonds is 5. The maximum Gasteiger partial charge on any atom is 0.126 e. The Labute approximate surface area is 152 Å². The summed E-state index contributed by atoms with van der Waals surface area (Å²) in [6, 6.07) is 17.3. The summed E-state index contributed by atoms with van der Waals surface area (Å²) < 4.78 is 5.58. The number of hydrogen-bond donors (Lipinski definition) is 1. The fourth-order valence-corrected chi connectivity index (χ4v) is 3.57. The number of imidazole rings is 1. The predicted octanol–water partition coefficient (Wildman–Crippen LogP) is 2.53. The first kappa shape index (κ1) is 16.8. The van der Waals surface area contributed by atoms with E-state index in [1.807, 2.05) is 0 Å². The van der Waals surface area contributed by atoms with Crippen LogP contribution in [0.1, 0.15) is 17.1 Å². The van der Waals surface area contributed by atoms with E-state index < -0.39 is 7.28 Å². The summed E-state index contributed by atoms with van der Waals surface area (Å²) in [5, 5.41) is 3.74. The molecule has 124 valence electrons. The van der Waals surface area contributed by atoms with E-state index in [2.05, 4.69) is 112 Å². The van der Waals surface area contributed by atoms with Crippen LogP contribution in [0.3, 0.4) is 0 Å². The van der Waals surface area contributed by atoms with Crippen molar-refractivity contribution < 1.29 is 4.57 Å². The molecule has 0 fully saturated rings. The fraction of sp³-hybridized carbons (Fsp3) is 0.211. The van der Waals surface area contributed by atoms with Crippen molar-refractivity contribution in [1.82, 2.24) is 4.57 Å². The number of halogens is 1. The lowest BCUT2D eigenvalue weighted by Gasteiger charge is -2.25. The molecule has 5 heteroatoms. The Balaban J connectivity index is 1.91. The van der Waals surface area contributed by atoms with Crippen molar-refractivity contribution in [3.05, 3.63) is 76.5 Å². The summed E-state index contributed by atoms with van der Waals surface area (Å²) in [6.07, 6.45) is 4.26. The highest BCUT2D eigenvalue weighted by molar-refractivity contribution is 9.10. The first-order valence-electron chi connectivity index (χ1n) is 8.43. The summed E-state index contributed by atoms with van der Waals surface area (Å²) >= 11 is 3.51. The lowest BCUT2D eigenvalue weighted by molar-refractivity contribution is -0.653. The summed E-state index contributed by atoms with van der Waals surface area (Å²) in [5.41, 5.74) is 5.21. The van der Waals surface area contributed by atoms with E-state index in [9.17, 15) is 0 Å². The van der Waals surface area contributed by atoms with Gasteiger partial charge in [-0.1, -0.05) is 57.3 Å². The van der Waals surface area contributed by atoms with Crippen molar-refractivity contribution in [1.29, 1.82) is 0 Å². The number of hydrogen-bond acceptors (Lipinski definition) is 1. The molecule has 0 spiro atoms. The molecule has 1 atom stereocenters. The van der Waals surface area contributed by atoms with E-state index in [0.29, 0.717) is 5.94 Å². The second-order valence-electron chi connectivity index (χ2n) is 6.64. The zero-order valence-electron chi connectivity index (χ0n) is 14.6. The number of aryl methyl sites for hydroxylation is 3. The summed E-state index contributed by atoms with van der Waals surface area (Å²) in [6.45, 7) is 2.13. The molecule has 3 rings (SSSR count). The van der Waals surface area contributed by atoms with Gasteiger partial charge in [0.1, 0.15) is 19.7 Å². The topological polar surface area (TPSA) is 20.8 Å². The van der Waals surface area contributed by atoms with Gasteiger partial charge in [-0.05, 0) is 31.2 Å². The van der Waals surface area contributed by atoms with Crippen LogP contribution in [-0.2, 0) is 14.1 Å². The van der Waals surface area contributed by atoms with E-state index >= 15 is 0 Å². The average Bonchev–Trinajstić information content (AvgIpc) is 2.89. The molecule has 1 N–H and O–H groups in total. The molecule has 2 aromatic carbocycles. The monoisotopic (exact) mass is 383 g/mol. The van der Waals surface area contributed by atoms with Crippen LogP contribution in [0.25, 0.3) is 0 Å². The Morgan fingerprint density at radius 1 is 1.08 bits per heavy atom. The molecule has 1 aromatic heterocycles. The molecule has 0 aliphatic carbocycles. The largest absolute Gasteiger partial charge is 0.413 e. The van der Waals surface area contributed by atoms with Crippen molar-refractivity contribution >= 4 is 34.6 Å². The van der Waals surface area contributed by atoms with Crippen LogP contribution >= 0.6 is 15.9 Å². The third-order valence-corrected chi connectivity index (χ3v) is 5.42. The quantitative estimate of drug-likeness (QED) is 0.530. The van der Waals surface area contributed by atoms with Gasteiger partial charge in [0, 0.05) is 10.2 Å². The lowest BCUT2D eigenvalue weighted by Crippen LogP contribution is -2.52. The molecular formula is C19H23BBrN3. The SMILES string of the molecule is Cc1ccc(C([BH2-]c2n(C)cc[n+]2C)Nc2ccc(Br)cc2)cc1. The number of aromatic nitrogens is 2. The molecular weight excluding hydrogens is 361 g/mol. The average molecular weight is 384 g/mol. The molecule has 3 nitrogen and oxygen atoms in total. The molecule has 1 unspecified atom stereocenters. The number of anilines is 1. The zero-order chi connectivity index (χ0) is 17.1. The van der Waals surface area contributed by atoms with Crippen molar-refractivity contribution in [3.63, 3.8) is 0 Å². The standard InChI is InChI=1S/C19H23BBrN3/c1-14-4-6-15(7-5-14)18(20-19-23(2)12-13-24(19)3)22-17-10-8-16(21)9-11-17/h4-13,18,22H,20H2,1-3H3. The Kier molecular flexibility index (Phi) is 5.10. The van der Waals surface area contributed by atoms with Gasteiger partial charge in [-0.2, -0.15) is 0 Å². The van der Waals surface area contributed by atoms with Crippen LogP contribution in [-0.4, -0.2) is 11.8 Å². The summed E-state index contributed by atoms with van der Waals surface area (Å²) in [4.78, 5) is 0. The minimum atomic E-state index is -0.425. The van der Waals surface area contributed by atoms with Crippen molar-refractivity contribution in [2.24, 2.45) is 14.1 Å². The van der Waals surface area contributed by atoms with Gasteiger partial charge in [0.05, 0.1) is 19.8 Å². The van der Waals surface area contributed by atoms with E-state index in [-0.39, 0.29) is 0 Å². The van der Waals surface area contributed by atoms with Crippen LogP contribution in [0, 0.1) is 6.92 Å². The molecule has 0 aliphatic heterocycles. The highest BCUT2D eigenvalue weighted by Gasteiger charge is 2.14. The number of nitrogens with zero attached hydrogens (tertiary/aromatic N) is 2. The van der Waals surface area contributed by atoms with Crippen molar-refractivity contribution in [2.45, 2.75) is 12.9 Å². The van der Waals surface area contributed by atoms with Crippen LogP contribution in [0.2, 0.25) is 0 Å². The van der Waals surface area contributed by atoms with Crippen LogP contribution in [0.5, 0.6) is 0 Å². The molecule has 0 saturated carbocycles. The van der Waals surface area contributed by atoms with Crippen molar-refractivity contribution in [2.75, 3.05) is 5.32 Å². The van der Waals surface area contributed by atoms with E-state index in [1.165, 1.54) is 16.9 Å². The van der Waals surface area contributed by atoms with Gasteiger partial charge in [-0.15, -0.1) is 0 Å². The zero-order valence-corrected chi connectivity index (χ0v) is 16.2. The van der Waals surface area contributed by atoms with Crippen molar-refractivity contribution in [3.8, 4) is 0 Å². The van der Waals surface area contributed by atoms with Gasteiger partial charge in [0.15, 0.2) is 0 Å². The van der Waals surface area contributed by atoms with E-state index in [4.69, 9.17) is 0 Å². The predicted molar refractivity (Wildman–Crippen MR) is 106 cm³/mol. The van der Waals surface area contributed by atoms with Crippen LogP contribution in [0.15, 0.2) is 65.4 Å². The molecule has 0 aliphatic rings. The highest BCUT2D eigenvalue weighted by atomic mass is 79.9. The van der Waals surface area contributed by atoms with Gasteiger partial charge in [-0.25, -0.2) is 0 Å². The minimum Gasteiger partial charge on any atom is -0.413 e. The van der Waals surface area contributed by atoms with Gasteiger partial charge in [-0.3, -0.25) is 9.13 Å². The van der Waals surface area contributed by atoms with Gasteiger partial charge < -0.3 is 5.32 Å². The van der Waals surface area contributed by atoms with E-state index in [0.717, 1.165) is 10.2 Å². The maximum absolute atomic E-state index is 3.74. The first-order valence-corrected chi connectivity index (χ1v) is 9.22. The Morgan fingerprint density at radius 3 is 2.33 bits per heavy atom. The maximum atomic E-state index is 3.74. The molecule has 1 heterocycles. The summed E-state index contributed by atoms with van der Waals surface area (Å²) in [7, 11) is 3.83.